The van der Waals surface area contributed by atoms with Crippen molar-refractivity contribution in [3.63, 3.8) is 0 Å². The molecule has 0 spiro atoms. The van der Waals surface area contributed by atoms with Gasteiger partial charge in [0.15, 0.2) is 0 Å². The molecule has 0 bridgehead atoms. The van der Waals surface area contributed by atoms with Gasteiger partial charge in [-0.25, -0.2) is 8.42 Å². The van der Waals surface area contributed by atoms with E-state index in [9.17, 15) is 8.42 Å². The molecule has 5 heteroatoms. The Labute approximate surface area is 95.8 Å². The molecule has 0 aliphatic carbocycles. The highest BCUT2D eigenvalue weighted by Crippen LogP contribution is 2.19. The number of anilines is 2. The Morgan fingerprint density at radius 2 is 1.94 bits per heavy atom. The van der Waals surface area contributed by atoms with Crippen LogP contribution in [0.4, 0.5) is 11.4 Å². The fraction of sp³-hybridized carbons (Fsp3) is 0.455. The second kappa shape index (κ2) is 4.33. The molecule has 0 aromatic heterocycles. The lowest BCUT2D eigenvalue weighted by atomic mass is 10.1. The van der Waals surface area contributed by atoms with Gasteiger partial charge in [0.25, 0.3) is 0 Å². The molecule has 1 heterocycles. The van der Waals surface area contributed by atoms with E-state index in [1.807, 2.05) is 24.3 Å². The Morgan fingerprint density at radius 3 is 2.56 bits per heavy atom. The van der Waals surface area contributed by atoms with E-state index in [1.54, 1.807) is 0 Å². The Balaban J connectivity index is 1.97. The molecule has 1 aromatic rings. The van der Waals surface area contributed by atoms with Crippen molar-refractivity contribution in [3.8, 4) is 0 Å². The van der Waals surface area contributed by atoms with Crippen molar-refractivity contribution >= 4 is 21.2 Å². The van der Waals surface area contributed by atoms with E-state index < -0.39 is 9.84 Å². The lowest BCUT2D eigenvalue weighted by molar-refractivity contribution is 0.559. The highest BCUT2D eigenvalue weighted by atomic mass is 32.2. The summed E-state index contributed by atoms with van der Waals surface area (Å²) in [5.41, 5.74) is 7.35. The molecular weight excluding hydrogens is 224 g/mol. The number of nitrogens with one attached hydrogen (secondary N) is 1. The molecule has 4 nitrogen and oxygen atoms in total. The lowest BCUT2D eigenvalue weighted by Crippen LogP contribution is -2.32. The Hall–Kier alpha value is -1.23. The van der Waals surface area contributed by atoms with Gasteiger partial charge >= 0.3 is 0 Å². The lowest BCUT2D eigenvalue weighted by Gasteiger charge is -2.24. The number of hydrogen-bond acceptors (Lipinski definition) is 4. The molecular formula is C11H16N2O2S. The van der Waals surface area contributed by atoms with Crippen molar-refractivity contribution in [2.24, 2.45) is 0 Å². The molecule has 0 radical (unpaired) electrons. The van der Waals surface area contributed by atoms with Crippen LogP contribution in [0.1, 0.15) is 12.8 Å². The predicted octanol–water partition coefficient (Wildman–Crippen LogP) is 1.26. The zero-order valence-corrected chi connectivity index (χ0v) is 9.83. The summed E-state index contributed by atoms with van der Waals surface area (Å²) in [7, 11) is -2.78. The summed E-state index contributed by atoms with van der Waals surface area (Å²) < 4.78 is 22.5. The summed E-state index contributed by atoms with van der Waals surface area (Å²) in [6.45, 7) is 0. The van der Waals surface area contributed by atoms with Gasteiger partial charge in [-0.2, -0.15) is 0 Å². The van der Waals surface area contributed by atoms with Crippen LogP contribution in [0.15, 0.2) is 24.3 Å². The van der Waals surface area contributed by atoms with Gasteiger partial charge in [0.1, 0.15) is 9.84 Å². The summed E-state index contributed by atoms with van der Waals surface area (Å²) in [5, 5.41) is 3.32. The van der Waals surface area contributed by atoms with Crippen molar-refractivity contribution in [3.05, 3.63) is 24.3 Å². The second-order valence-electron chi connectivity index (χ2n) is 4.20. The Morgan fingerprint density at radius 1 is 1.25 bits per heavy atom. The van der Waals surface area contributed by atoms with Crippen LogP contribution in [0.5, 0.6) is 0 Å². The SMILES string of the molecule is Nc1cccc(NC2CCS(=O)(=O)CC2)c1. The van der Waals surface area contributed by atoms with Gasteiger partial charge in [0, 0.05) is 17.4 Å². The Kier molecular flexibility index (Phi) is 3.05. The maximum atomic E-state index is 11.3. The first-order valence-electron chi connectivity index (χ1n) is 5.38. The standard InChI is InChI=1S/C11H16N2O2S/c12-9-2-1-3-11(8-9)13-10-4-6-16(14,15)7-5-10/h1-3,8,10,13H,4-7,12H2. The molecule has 88 valence electrons. The Bertz CT molecular complexity index is 457. The monoisotopic (exact) mass is 240 g/mol. The first-order chi connectivity index (χ1) is 7.55. The molecule has 1 aliphatic rings. The van der Waals surface area contributed by atoms with Crippen molar-refractivity contribution in [1.29, 1.82) is 0 Å². The van der Waals surface area contributed by atoms with Crippen LogP contribution >= 0.6 is 0 Å². The van der Waals surface area contributed by atoms with Crippen molar-refractivity contribution < 1.29 is 8.42 Å². The van der Waals surface area contributed by atoms with Gasteiger partial charge < -0.3 is 11.1 Å². The number of rotatable bonds is 2. The predicted molar refractivity (Wildman–Crippen MR) is 66.2 cm³/mol. The summed E-state index contributed by atoms with van der Waals surface area (Å²) in [6.07, 6.45) is 1.36. The molecule has 0 saturated carbocycles. The quantitative estimate of drug-likeness (QED) is 0.763. The summed E-state index contributed by atoms with van der Waals surface area (Å²) in [4.78, 5) is 0. The molecule has 2 rings (SSSR count). The molecule has 0 atom stereocenters. The van der Waals surface area contributed by atoms with Crippen LogP contribution < -0.4 is 11.1 Å². The topological polar surface area (TPSA) is 72.2 Å². The minimum atomic E-state index is -2.78. The third kappa shape index (κ3) is 2.88. The van der Waals surface area contributed by atoms with Crippen molar-refractivity contribution in [2.45, 2.75) is 18.9 Å². The molecule has 1 fully saturated rings. The third-order valence-electron chi connectivity index (χ3n) is 2.81. The number of nitrogen functional groups attached to an aromatic ring is 1. The summed E-state index contributed by atoms with van der Waals surface area (Å²) in [5.74, 6) is 0.569. The number of hydrogen-bond donors (Lipinski definition) is 2. The summed E-state index contributed by atoms with van der Waals surface area (Å²) >= 11 is 0. The molecule has 1 aliphatic heterocycles. The highest BCUT2D eigenvalue weighted by molar-refractivity contribution is 7.91. The number of sulfone groups is 1. The van der Waals surface area contributed by atoms with Gasteiger partial charge in [0.05, 0.1) is 11.5 Å². The van der Waals surface area contributed by atoms with Crippen LogP contribution in [0.2, 0.25) is 0 Å². The van der Waals surface area contributed by atoms with Crippen LogP contribution in [-0.2, 0) is 9.84 Å². The van der Waals surface area contributed by atoms with Gasteiger partial charge in [-0.05, 0) is 31.0 Å². The maximum absolute atomic E-state index is 11.3. The van der Waals surface area contributed by atoms with E-state index in [0.29, 0.717) is 18.5 Å². The van der Waals surface area contributed by atoms with Gasteiger partial charge in [-0.1, -0.05) is 6.07 Å². The first-order valence-corrected chi connectivity index (χ1v) is 7.20. The molecule has 0 unspecified atom stereocenters. The van der Waals surface area contributed by atoms with Crippen molar-refractivity contribution in [2.75, 3.05) is 22.6 Å². The smallest absolute Gasteiger partial charge is 0.150 e. The van der Waals surface area contributed by atoms with Crippen LogP contribution in [0.25, 0.3) is 0 Å². The van der Waals surface area contributed by atoms with E-state index in [1.165, 1.54) is 0 Å². The minimum Gasteiger partial charge on any atom is -0.399 e. The fourth-order valence-electron chi connectivity index (χ4n) is 1.90. The van der Waals surface area contributed by atoms with Gasteiger partial charge in [-0.15, -0.1) is 0 Å². The zero-order valence-electron chi connectivity index (χ0n) is 9.02. The maximum Gasteiger partial charge on any atom is 0.150 e. The average Bonchev–Trinajstić information content (AvgIpc) is 2.21. The third-order valence-corrected chi connectivity index (χ3v) is 4.53. The average molecular weight is 240 g/mol. The number of nitrogens with two attached hydrogens (primary N) is 1. The van der Waals surface area contributed by atoms with E-state index in [0.717, 1.165) is 5.69 Å². The van der Waals surface area contributed by atoms with E-state index in [4.69, 9.17) is 5.73 Å². The van der Waals surface area contributed by atoms with E-state index >= 15 is 0 Å². The highest BCUT2D eigenvalue weighted by Gasteiger charge is 2.23. The largest absolute Gasteiger partial charge is 0.399 e. The summed E-state index contributed by atoms with van der Waals surface area (Å²) in [6, 6.07) is 7.77. The van der Waals surface area contributed by atoms with E-state index in [2.05, 4.69) is 5.32 Å². The normalized spacial score (nSPS) is 20.5. The van der Waals surface area contributed by atoms with Crippen LogP contribution in [-0.4, -0.2) is 26.0 Å². The zero-order chi connectivity index (χ0) is 11.6. The molecule has 3 N–H and O–H groups in total. The van der Waals surface area contributed by atoms with E-state index in [-0.39, 0.29) is 17.5 Å². The minimum absolute atomic E-state index is 0.241. The molecule has 1 saturated heterocycles. The fourth-order valence-corrected chi connectivity index (χ4v) is 3.39. The second-order valence-corrected chi connectivity index (χ2v) is 6.50. The van der Waals surface area contributed by atoms with Crippen LogP contribution in [0, 0.1) is 0 Å². The molecule has 16 heavy (non-hydrogen) atoms. The van der Waals surface area contributed by atoms with Gasteiger partial charge in [-0.3, -0.25) is 0 Å². The molecule has 0 amide bonds. The first kappa shape index (κ1) is 11.3. The van der Waals surface area contributed by atoms with Crippen LogP contribution in [0.3, 0.4) is 0 Å². The molecule has 1 aromatic carbocycles. The van der Waals surface area contributed by atoms with Gasteiger partial charge in [0.2, 0.25) is 0 Å². The number of benzene rings is 1. The van der Waals surface area contributed by atoms with Crippen molar-refractivity contribution in [1.82, 2.24) is 0 Å².